The normalized spacial score (nSPS) is 11.1. The second-order valence-corrected chi connectivity index (χ2v) is 4.42. The average molecular weight is 239 g/mol. The monoisotopic (exact) mass is 239 g/mol. The lowest BCUT2D eigenvalue weighted by Crippen LogP contribution is -1.95. The number of para-hydroxylation sites is 1. The first kappa shape index (κ1) is 12.4. The zero-order valence-corrected chi connectivity index (χ0v) is 10.7. The summed E-state index contributed by atoms with van der Waals surface area (Å²) in [6.45, 7) is 4.34. The number of hydrogen-bond donors (Lipinski definition) is 0. The van der Waals surface area contributed by atoms with Crippen LogP contribution >= 0.6 is 0 Å². The van der Waals surface area contributed by atoms with Crippen molar-refractivity contribution in [2.24, 2.45) is 5.16 Å². The van der Waals surface area contributed by atoms with Gasteiger partial charge in [0, 0.05) is 0 Å². The largest absolute Gasteiger partial charge is 0.357 e. The van der Waals surface area contributed by atoms with Gasteiger partial charge in [0.15, 0.2) is 5.75 Å². The Labute approximate surface area is 108 Å². The second-order valence-electron chi connectivity index (χ2n) is 4.42. The molecule has 2 aromatic carbocycles. The molecule has 0 amide bonds. The number of benzene rings is 2. The summed E-state index contributed by atoms with van der Waals surface area (Å²) in [6, 6.07) is 17.8. The molecule has 18 heavy (non-hydrogen) atoms. The van der Waals surface area contributed by atoms with Crippen LogP contribution in [0.2, 0.25) is 0 Å². The van der Waals surface area contributed by atoms with Gasteiger partial charge in [-0.25, -0.2) is 0 Å². The first-order valence-electron chi connectivity index (χ1n) is 6.11. The maximum absolute atomic E-state index is 5.31. The van der Waals surface area contributed by atoms with Crippen molar-refractivity contribution in [3.8, 4) is 5.75 Å². The summed E-state index contributed by atoms with van der Waals surface area (Å²) in [7, 11) is 0. The summed E-state index contributed by atoms with van der Waals surface area (Å²) in [6.07, 6.45) is 1.77. The van der Waals surface area contributed by atoms with Crippen LogP contribution in [0.5, 0.6) is 5.75 Å². The summed E-state index contributed by atoms with van der Waals surface area (Å²) < 4.78 is 0. The zero-order chi connectivity index (χ0) is 12.8. The standard InChI is InChI=1S/C16H17NO/c1-13(2)16-11-7-6-8-14(16)12-17-18-15-9-4-3-5-10-15/h3-13H,1-2H3/b17-12+. The minimum atomic E-state index is 0.476. The van der Waals surface area contributed by atoms with Crippen molar-refractivity contribution in [3.05, 3.63) is 65.7 Å². The van der Waals surface area contributed by atoms with Crippen molar-refractivity contribution in [3.63, 3.8) is 0 Å². The third-order valence-corrected chi connectivity index (χ3v) is 2.71. The molecule has 92 valence electrons. The molecule has 0 spiro atoms. The highest BCUT2D eigenvalue weighted by Crippen LogP contribution is 2.17. The Morgan fingerprint density at radius 2 is 1.61 bits per heavy atom. The lowest BCUT2D eigenvalue weighted by atomic mass is 9.98. The fourth-order valence-corrected chi connectivity index (χ4v) is 1.78. The molecule has 0 aliphatic carbocycles. The quantitative estimate of drug-likeness (QED) is 0.578. The van der Waals surface area contributed by atoms with Gasteiger partial charge >= 0.3 is 0 Å². The third-order valence-electron chi connectivity index (χ3n) is 2.71. The van der Waals surface area contributed by atoms with Crippen molar-refractivity contribution in [2.75, 3.05) is 0 Å². The third kappa shape index (κ3) is 3.20. The summed E-state index contributed by atoms with van der Waals surface area (Å²) >= 11 is 0. The fraction of sp³-hybridized carbons (Fsp3) is 0.188. The maximum Gasteiger partial charge on any atom is 0.157 e. The number of hydrogen-bond acceptors (Lipinski definition) is 2. The molecule has 0 fully saturated rings. The molecule has 0 saturated carbocycles. The summed E-state index contributed by atoms with van der Waals surface area (Å²) in [5.74, 6) is 1.22. The second kappa shape index (κ2) is 6.01. The SMILES string of the molecule is CC(C)c1ccccc1/C=N/Oc1ccccc1. The Morgan fingerprint density at radius 3 is 2.33 bits per heavy atom. The van der Waals surface area contributed by atoms with Crippen LogP contribution in [0.15, 0.2) is 59.8 Å². The molecular formula is C16H17NO. The topological polar surface area (TPSA) is 21.6 Å². The van der Waals surface area contributed by atoms with E-state index in [9.17, 15) is 0 Å². The Morgan fingerprint density at radius 1 is 0.944 bits per heavy atom. The van der Waals surface area contributed by atoms with Crippen LogP contribution in [0.1, 0.15) is 30.9 Å². The molecule has 2 nitrogen and oxygen atoms in total. The van der Waals surface area contributed by atoms with E-state index in [0.717, 1.165) is 11.3 Å². The van der Waals surface area contributed by atoms with Crippen molar-refractivity contribution < 1.29 is 4.84 Å². The summed E-state index contributed by atoms with van der Waals surface area (Å²) in [5.41, 5.74) is 2.38. The van der Waals surface area contributed by atoms with Gasteiger partial charge in [-0.1, -0.05) is 61.5 Å². The molecule has 0 aliphatic heterocycles. The molecule has 2 rings (SSSR count). The molecule has 0 atom stereocenters. The van der Waals surface area contributed by atoms with Gasteiger partial charge < -0.3 is 4.84 Å². The molecule has 0 radical (unpaired) electrons. The molecule has 0 aliphatic rings. The Kier molecular flexibility index (Phi) is 4.13. The highest BCUT2D eigenvalue weighted by Gasteiger charge is 2.03. The Bertz CT molecular complexity index is 518. The van der Waals surface area contributed by atoms with Crippen LogP contribution in [0.4, 0.5) is 0 Å². The Hall–Kier alpha value is -2.09. The number of rotatable bonds is 4. The van der Waals surface area contributed by atoms with Gasteiger partial charge in [0.1, 0.15) is 0 Å². The predicted molar refractivity (Wildman–Crippen MR) is 75.2 cm³/mol. The Balaban J connectivity index is 2.10. The van der Waals surface area contributed by atoms with Crippen LogP contribution in [-0.2, 0) is 0 Å². The average Bonchev–Trinajstić information content (AvgIpc) is 2.40. The van der Waals surface area contributed by atoms with E-state index in [1.807, 2.05) is 48.5 Å². The summed E-state index contributed by atoms with van der Waals surface area (Å²) in [5, 5.41) is 4.03. The van der Waals surface area contributed by atoms with E-state index < -0.39 is 0 Å². The zero-order valence-electron chi connectivity index (χ0n) is 10.7. The van der Waals surface area contributed by atoms with E-state index in [1.165, 1.54) is 5.56 Å². The number of nitrogens with zero attached hydrogens (tertiary/aromatic N) is 1. The van der Waals surface area contributed by atoms with E-state index in [2.05, 4.69) is 25.1 Å². The van der Waals surface area contributed by atoms with E-state index in [1.54, 1.807) is 6.21 Å². The molecule has 2 heteroatoms. The molecule has 0 unspecified atom stereocenters. The van der Waals surface area contributed by atoms with Crippen LogP contribution in [0, 0.1) is 0 Å². The molecule has 2 aromatic rings. The smallest absolute Gasteiger partial charge is 0.157 e. The van der Waals surface area contributed by atoms with Gasteiger partial charge in [-0.2, -0.15) is 0 Å². The molecule has 0 bridgehead atoms. The van der Waals surface area contributed by atoms with Crippen LogP contribution in [0.25, 0.3) is 0 Å². The first-order chi connectivity index (χ1) is 8.77. The van der Waals surface area contributed by atoms with Crippen LogP contribution < -0.4 is 4.84 Å². The van der Waals surface area contributed by atoms with E-state index >= 15 is 0 Å². The van der Waals surface area contributed by atoms with Crippen LogP contribution in [-0.4, -0.2) is 6.21 Å². The van der Waals surface area contributed by atoms with E-state index in [4.69, 9.17) is 4.84 Å². The minimum Gasteiger partial charge on any atom is -0.357 e. The van der Waals surface area contributed by atoms with E-state index in [0.29, 0.717) is 5.92 Å². The highest BCUT2D eigenvalue weighted by atomic mass is 16.6. The highest BCUT2D eigenvalue weighted by molar-refractivity contribution is 5.81. The molecule has 0 N–H and O–H groups in total. The van der Waals surface area contributed by atoms with Gasteiger partial charge in [0.25, 0.3) is 0 Å². The number of oxime groups is 1. The van der Waals surface area contributed by atoms with Crippen molar-refractivity contribution >= 4 is 6.21 Å². The summed E-state index contributed by atoms with van der Waals surface area (Å²) in [4.78, 5) is 5.31. The first-order valence-corrected chi connectivity index (χ1v) is 6.11. The van der Waals surface area contributed by atoms with Gasteiger partial charge in [0.05, 0.1) is 6.21 Å². The van der Waals surface area contributed by atoms with E-state index in [-0.39, 0.29) is 0 Å². The molecule has 0 saturated heterocycles. The molecule has 0 heterocycles. The molecule has 0 aromatic heterocycles. The lowest BCUT2D eigenvalue weighted by Gasteiger charge is -2.08. The van der Waals surface area contributed by atoms with Crippen molar-refractivity contribution in [1.82, 2.24) is 0 Å². The van der Waals surface area contributed by atoms with Gasteiger partial charge in [0.2, 0.25) is 0 Å². The van der Waals surface area contributed by atoms with Crippen LogP contribution in [0.3, 0.4) is 0 Å². The predicted octanol–water partition coefficient (Wildman–Crippen LogP) is 4.22. The van der Waals surface area contributed by atoms with Crippen molar-refractivity contribution in [2.45, 2.75) is 19.8 Å². The lowest BCUT2D eigenvalue weighted by molar-refractivity contribution is 0.344. The maximum atomic E-state index is 5.31. The minimum absolute atomic E-state index is 0.476. The van der Waals surface area contributed by atoms with Gasteiger partial charge in [-0.05, 0) is 29.2 Å². The molecular weight excluding hydrogens is 222 g/mol. The fourth-order valence-electron chi connectivity index (χ4n) is 1.78. The van der Waals surface area contributed by atoms with Gasteiger partial charge in [-0.15, -0.1) is 0 Å². The van der Waals surface area contributed by atoms with Gasteiger partial charge in [-0.3, -0.25) is 0 Å². The van der Waals surface area contributed by atoms with Crippen molar-refractivity contribution in [1.29, 1.82) is 0 Å².